The first-order valence-corrected chi connectivity index (χ1v) is 8.39. The third kappa shape index (κ3) is 3.93. The normalized spacial score (nSPS) is 18.1. The van der Waals surface area contributed by atoms with Gasteiger partial charge in [0.15, 0.2) is 0 Å². The van der Waals surface area contributed by atoms with E-state index in [1.165, 1.54) is 56.2 Å². The Balaban J connectivity index is 1.82. The minimum atomic E-state index is 0.454. The molecule has 21 heavy (non-hydrogen) atoms. The Morgan fingerprint density at radius 3 is 2.24 bits per heavy atom. The zero-order chi connectivity index (χ0) is 14.3. The fourth-order valence-corrected chi connectivity index (χ4v) is 3.63. The van der Waals surface area contributed by atoms with Gasteiger partial charge in [0.1, 0.15) is 0 Å². The number of benzene rings is 1. The first-order valence-electron chi connectivity index (χ1n) is 8.39. The summed E-state index contributed by atoms with van der Waals surface area (Å²) in [7, 11) is 0. The highest BCUT2D eigenvalue weighted by Gasteiger charge is 2.21. The molecule has 1 aliphatic carbocycles. The number of hydrogen-bond acceptors (Lipinski definition) is 1. The average molecular weight is 279 g/mol. The van der Waals surface area contributed by atoms with Crippen LogP contribution in [0.5, 0.6) is 0 Å². The Kier molecular flexibility index (Phi) is 5.04. The van der Waals surface area contributed by atoms with Crippen LogP contribution in [0, 0.1) is 5.92 Å². The maximum absolute atomic E-state index is 4.64. The number of pyridine rings is 1. The summed E-state index contributed by atoms with van der Waals surface area (Å²) in [5.74, 6) is 1.32. The zero-order valence-electron chi connectivity index (χ0n) is 12.7. The Morgan fingerprint density at radius 2 is 1.57 bits per heavy atom. The van der Waals surface area contributed by atoms with Crippen LogP contribution < -0.4 is 0 Å². The summed E-state index contributed by atoms with van der Waals surface area (Å²) in [6.45, 7) is 0. The second kappa shape index (κ2) is 7.40. The second-order valence-corrected chi connectivity index (χ2v) is 6.31. The Morgan fingerprint density at radius 1 is 0.857 bits per heavy atom. The van der Waals surface area contributed by atoms with Crippen molar-refractivity contribution in [2.45, 2.75) is 50.9 Å². The summed E-state index contributed by atoms with van der Waals surface area (Å²) < 4.78 is 0. The van der Waals surface area contributed by atoms with Crippen molar-refractivity contribution in [2.75, 3.05) is 0 Å². The van der Waals surface area contributed by atoms with Gasteiger partial charge in [-0.2, -0.15) is 0 Å². The summed E-state index contributed by atoms with van der Waals surface area (Å²) in [4.78, 5) is 4.64. The molecule has 0 N–H and O–H groups in total. The highest BCUT2D eigenvalue weighted by Crippen LogP contribution is 2.35. The molecule has 0 radical (unpaired) electrons. The van der Waals surface area contributed by atoms with Gasteiger partial charge in [-0.25, -0.2) is 0 Å². The van der Waals surface area contributed by atoms with Crippen LogP contribution in [0.15, 0.2) is 54.7 Å². The number of nitrogens with zero attached hydrogens (tertiary/aromatic N) is 1. The number of rotatable bonds is 4. The van der Waals surface area contributed by atoms with Gasteiger partial charge in [0.05, 0.1) is 0 Å². The standard InChI is InChI=1S/C20H25N/c1-2-5-11-17(10-4-1)16-19(18-12-6-3-7-13-18)20-14-8-9-15-21-20/h3,6-9,12-15,17,19H,1-2,4-5,10-11,16H2/t19-/m0/s1. The summed E-state index contributed by atoms with van der Waals surface area (Å²) in [5, 5.41) is 0. The van der Waals surface area contributed by atoms with E-state index in [0.29, 0.717) is 5.92 Å². The molecule has 1 aromatic heterocycles. The second-order valence-electron chi connectivity index (χ2n) is 6.31. The van der Waals surface area contributed by atoms with Crippen molar-refractivity contribution in [1.82, 2.24) is 4.98 Å². The van der Waals surface area contributed by atoms with Crippen molar-refractivity contribution >= 4 is 0 Å². The molecule has 0 saturated heterocycles. The fraction of sp³-hybridized carbons (Fsp3) is 0.450. The SMILES string of the molecule is c1ccc([C@H](CC2CCCCCC2)c2ccccn2)cc1. The molecule has 1 heterocycles. The molecule has 0 aliphatic heterocycles. The Bertz CT molecular complexity index is 473. The van der Waals surface area contributed by atoms with E-state index in [4.69, 9.17) is 0 Å². The largest absolute Gasteiger partial charge is 0.261 e. The average Bonchev–Trinajstić information content (AvgIpc) is 2.83. The number of hydrogen-bond donors (Lipinski definition) is 0. The molecule has 0 unspecified atom stereocenters. The van der Waals surface area contributed by atoms with E-state index < -0.39 is 0 Å². The van der Waals surface area contributed by atoms with Crippen molar-refractivity contribution in [3.63, 3.8) is 0 Å². The minimum Gasteiger partial charge on any atom is -0.261 e. The van der Waals surface area contributed by atoms with Crippen LogP contribution >= 0.6 is 0 Å². The zero-order valence-corrected chi connectivity index (χ0v) is 12.7. The Hall–Kier alpha value is -1.63. The molecule has 0 amide bonds. The van der Waals surface area contributed by atoms with E-state index in [0.717, 1.165) is 5.92 Å². The molecule has 1 atom stereocenters. The van der Waals surface area contributed by atoms with Crippen LogP contribution in [0.4, 0.5) is 0 Å². The molecule has 1 fully saturated rings. The molecule has 1 saturated carbocycles. The molecule has 1 aliphatic rings. The van der Waals surface area contributed by atoms with Gasteiger partial charge in [-0.15, -0.1) is 0 Å². The van der Waals surface area contributed by atoms with Gasteiger partial charge in [-0.3, -0.25) is 4.98 Å². The number of aromatic nitrogens is 1. The summed E-state index contributed by atoms with van der Waals surface area (Å²) in [5.41, 5.74) is 2.65. The van der Waals surface area contributed by atoms with Crippen LogP contribution in [-0.2, 0) is 0 Å². The molecular formula is C20H25N. The summed E-state index contributed by atoms with van der Waals surface area (Å²) in [6, 6.07) is 17.2. The smallest absolute Gasteiger partial charge is 0.0478 e. The molecule has 1 nitrogen and oxygen atoms in total. The summed E-state index contributed by atoms with van der Waals surface area (Å²) in [6.07, 6.45) is 11.7. The van der Waals surface area contributed by atoms with Crippen LogP contribution in [0.25, 0.3) is 0 Å². The maximum Gasteiger partial charge on any atom is 0.0478 e. The molecule has 1 heteroatoms. The molecule has 110 valence electrons. The van der Waals surface area contributed by atoms with Crippen molar-refractivity contribution in [1.29, 1.82) is 0 Å². The van der Waals surface area contributed by atoms with Crippen molar-refractivity contribution in [3.05, 3.63) is 66.0 Å². The lowest BCUT2D eigenvalue weighted by molar-refractivity contribution is 0.405. The highest BCUT2D eigenvalue weighted by atomic mass is 14.7. The lowest BCUT2D eigenvalue weighted by atomic mass is 9.83. The lowest BCUT2D eigenvalue weighted by Gasteiger charge is -2.23. The molecule has 1 aromatic carbocycles. The Labute approximate surface area is 128 Å². The van der Waals surface area contributed by atoms with E-state index in [-0.39, 0.29) is 0 Å². The van der Waals surface area contributed by atoms with E-state index >= 15 is 0 Å². The predicted molar refractivity (Wildman–Crippen MR) is 88.3 cm³/mol. The summed E-state index contributed by atoms with van der Waals surface area (Å²) >= 11 is 0. The molecule has 0 spiro atoms. The van der Waals surface area contributed by atoms with E-state index in [1.807, 2.05) is 12.3 Å². The van der Waals surface area contributed by atoms with Gasteiger partial charge >= 0.3 is 0 Å². The lowest BCUT2D eigenvalue weighted by Crippen LogP contribution is -2.10. The minimum absolute atomic E-state index is 0.454. The van der Waals surface area contributed by atoms with Crippen LogP contribution in [0.2, 0.25) is 0 Å². The van der Waals surface area contributed by atoms with Gasteiger partial charge < -0.3 is 0 Å². The fourth-order valence-electron chi connectivity index (χ4n) is 3.63. The van der Waals surface area contributed by atoms with Crippen molar-refractivity contribution in [3.8, 4) is 0 Å². The van der Waals surface area contributed by atoms with E-state index in [1.54, 1.807) is 0 Å². The van der Waals surface area contributed by atoms with E-state index in [2.05, 4.69) is 47.4 Å². The third-order valence-electron chi connectivity index (χ3n) is 4.79. The molecule has 3 rings (SSSR count). The maximum atomic E-state index is 4.64. The predicted octanol–water partition coefficient (Wildman–Crippen LogP) is 5.57. The monoisotopic (exact) mass is 279 g/mol. The first-order chi connectivity index (χ1) is 10.4. The highest BCUT2D eigenvalue weighted by molar-refractivity contribution is 5.28. The third-order valence-corrected chi connectivity index (χ3v) is 4.79. The van der Waals surface area contributed by atoms with Crippen LogP contribution in [0.1, 0.15) is 62.1 Å². The van der Waals surface area contributed by atoms with Gasteiger partial charge in [-0.1, -0.05) is 74.9 Å². The first kappa shape index (κ1) is 14.3. The quantitative estimate of drug-likeness (QED) is 0.666. The van der Waals surface area contributed by atoms with E-state index in [9.17, 15) is 0 Å². The topological polar surface area (TPSA) is 12.9 Å². The van der Waals surface area contributed by atoms with Gasteiger partial charge in [0, 0.05) is 17.8 Å². The molecular weight excluding hydrogens is 254 g/mol. The van der Waals surface area contributed by atoms with Crippen LogP contribution in [0.3, 0.4) is 0 Å². The molecule has 2 aromatic rings. The molecule has 0 bridgehead atoms. The van der Waals surface area contributed by atoms with Crippen molar-refractivity contribution < 1.29 is 0 Å². The van der Waals surface area contributed by atoms with Crippen LogP contribution in [-0.4, -0.2) is 4.98 Å². The van der Waals surface area contributed by atoms with Gasteiger partial charge in [-0.05, 0) is 30.0 Å². The van der Waals surface area contributed by atoms with Crippen molar-refractivity contribution in [2.24, 2.45) is 5.92 Å². The van der Waals surface area contributed by atoms with Gasteiger partial charge in [0.2, 0.25) is 0 Å². The van der Waals surface area contributed by atoms with Gasteiger partial charge in [0.25, 0.3) is 0 Å².